The number of rotatable bonds is 4. The van der Waals surface area contributed by atoms with Crippen LogP contribution in [-0.4, -0.2) is 47.8 Å². The first-order chi connectivity index (χ1) is 10.1. The van der Waals surface area contributed by atoms with Crippen LogP contribution >= 0.6 is 0 Å². The molecule has 2 amide bonds. The molecule has 0 saturated carbocycles. The highest BCUT2D eigenvalue weighted by Crippen LogP contribution is 2.21. The van der Waals surface area contributed by atoms with E-state index in [2.05, 4.69) is 15.3 Å². The third kappa shape index (κ3) is 2.24. The molecule has 0 aliphatic carbocycles. The number of hydrogen-bond acceptors (Lipinski definition) is 6. The van der Waals surface area contributed by atoms with Gasteiger partial charge in [0.15, 0.2) is 0 Å². The van der Waals surface area contributed by atoms with Gasteiger partial charge < -0.3 is 5.11 Å². The van der Waals surface area contributed by atoms with Crippen LogP contribution in [0.3, 0.4) is 0 Å². The van der Waals surface area contributed by atoms with Crippen molar-refractivity contribution >= 4 is 17.8 Å². The first kappa shape index (κ1) is 12.9. The fourth-order valence-corrected chi connectivity index (χ4v) is 2.05. The van der Waals surface area contributed by atoms with Gasteiger partial charge in [-0.05, 0) is 12.1 Å². The topological polar surface area (TPSA) is 118 Å². The zero-order valence-corrected chi connectivity index (χ0v) is 10.6. The fourth-order valence-electron chi connectivity index (χ4n) is 2.05. The summed E-state index contributed by atoms with van der Waals surface area (Å²) in [5.41, 5.74) is 0.687. The highest BCUT2D eigenvalue weighted by atomic mass is 16.4. The van der Waals surface area contributed by atoms with Crippen molar-refractivity contribution in [2.24, 2.45) is 0 Å². The highest BCUT2D eigenvalue weighted by Gasteiger charge is 2.36. The Morgan fingerprint density at radius 1 is 1.29 bits per heavy atom. The normalized spacial score (nSPS) is 13.6. The summed E-state index contributed by atoms with van der Waals surface area (Å²) in [4.78, 5) is 39.7. The van der Waals surface area contributed by atoms with Crippen molar-refractivity contribution < 1.29 is 19.5 Å². The molecule has 0 radical (unpaired) electrons. The Morgan fingerprint density at radius 3 is 2.81 bits per heavy atom. The van der Waals surface area contributed by atoms with Crippen molar-refractivity contribution in [3.8, 4) is 0 Å². The molecule has 2 aromatic heterocycles. The molecule has 0 unspecified atom stereocenters. The van der Waals surface area contributed by atoms with Gasteiger partial charge in [-0.3, -0.25) is 24.3 Å². The average Bonchev–Trinajstić information content (AvgIpc) is 2.98. The van der Waals surface area contributed by atoms with E-state index >= 15 is 0 Å². The van der Waals surface area contributed by atoms with Crippen LogP contribution < -0.4 is 0 Å². The Morgan fingerprint density at radius 2 is 2.10 bits per heavy atom. The monoisotopic (exact) mass is 287 g/mol. The number of aromatic nitrogens is 4. The van der Waals surface area contributed by atoms with Gasteiger partial charge in [0.2, 0.25) is 0 Å². The van der Waals surface area contributed by atoms with Crippen LogP contribution in [-0.2, 0) is 17.9 Å². The molecule has 0 fully saturated rings. The van der Waals surface area contributed by atoms with Crippen molar-refractivity contribution in [2.75, 3.05) is 0 Å². The van der Waals surface area contributed by atoms with Crippen molar-refractivity contribution in [3.05, 3.63) is 41.5 Å². The van der Waals surface area contributed by atoms with Crippen LogP contribution in [0.5, 0.6) is 0 Å². The van der Waals surface area contributed by atoms with E-state index in [9.17, 15) is 14.4 Å². The molecule has 3 heterocycles. The number of hydrogen-bond donors (Lipinski definition) is 1. The number of nitrogens with zero attached hydrogens (tertiary/aromatic N) is 5. The SMILES string of the molecule is O=C(O)Cn1cc(CN2C(=O)c3cccnc3C2=O)nn1. The first-order valence-electron chi connectivity index (χ1n) is 5.98. The van der Waals surface area contributed by atoms with Gasteiger partial charge in [0.25, 0.3) is 11.8 Å². The quantitative estimate of drug-likeness (QED) is 0.757. The molecular formula is C12H9N5O4. The maximum absolute atomic E-state index is 12.1. The second-order valence-corrected chi connectivity index (χ2v) is 4.40. The third-order valence-electron chi connectivity index (χ3n) is 2.93. The molecule has 2 aromatic rings. The zero-order chi connectivity index (χ0) is 15.0. The van der Waals surface area contributed by atoms with Gasteiger partial charge in [0, 0.05) is 6.20 Å². The van der Waals surface area contributed by atoms with E-state index in [-0.39, 0.29) is 24.3 Å². The van der Waals surface area contributed by atoms with Gasteiger partial charge >= 0.3 is 5.97 Å². The fraction of sp³-hybridized carbons (Fsp3) is 0.167. The number of carboxylic acid groups (broad SMARTS) is 1. The van der Waals surface area contributed by atoms with E-state index < -0.39 is 17.8 Å². The summed E-state index contributed by atoms with van der Waals surface area (Å²) >= 11 is 0. The largest absolute Gasteiger partial charge is 0.480 e. The molecule has 0 spiro atoms. The van der Waals surface area contributed by atoms with Crippen LogP contribution in [0, 0.1) is 0 Å². The van der Waals surface area contributed by atoms with Crippen molar-refractivity contribution in [1.29, 1.82) is 0 Å². The van der Waals surface area contributed by atoms with Gasteiger partial charge in [-0.25, -0.2) is 4.68 Å². The maximum atomic E-state index is 12.1. The van der Waals surface area contributed by atoms with Crippen molar-refractivity contribution in [2.45, 2.75) is 13.1 Å². The number of aliphatic carboxylic acids is 1. The smallest absolute Gasteiger partial charge is 0.325 e. The molecule has 1 aliphatic rings. The number of imide groups is 1. The third-order valence-corrected chi connectivity index (χ3v) is 2.93. The van der Waals surface area contributed by atoms with Gasteiger partial charge in [0.1, 0.15) is 17.9 Å². The van der Waals surface area contributed by atoms with E-state index in [1.807, 2.05) is 0 Å². The summed E-state index contributed by atoms with van der Waals surface area (Å²) in [6, 6.07) is 3.11. The van der Waals surface area contributed by atoms with Gasteiger partial charge in [-0.15, -0.1) is 5.10 Å². The average molecular weight is 287 g/mol. The number of fused-ring (bicyclic) bond motifs is 1. The second-order valence-electron chi connectivity index (χ2n) is 4.40. The molecule has 0 atom stereocenters. The summed E-state index contributed by atoms with van der Waals surface area (Å²) in [6.07, 6.45) is 2.82. The minimum Gasteiger partial charge on any atom is -0.480 e. The Kier molecular flexibility index (Phi) is 2.94. The van der Waals surface area contributed by atoms with Gasteiger partial charge in [-0.1, -0.05) is 5.21 Å². The van der Waals surface area contributed by atoms with Crippen molar-refractivity contribution in [1.82, 2.24) is 24.9 Å². The van der Waals surface area contributed by atoms with E-state index in [0.717, 1.165) is 9.58 Å². The predicted molar refractivity (Wildman–Crippen MR) is 66.1 cm³/mol. The van der Waals surface area contributed by atoms with Crippen molar-refractivity contribution in [3.63, 3.8) is 0 Å². The summed E-state index contributed by atoms with van der Waals surface area (Å²) in [5, 5.41) is 16.0. The second kappa shape index (κ2) is 4.78. The van der Waals surface area contributed by atoms with E-state index in [1.165, 1.54) is 18.5 Å². The van der Waals surface area contributed by atoms with E-state index in [4.69, 9.17) is 5.11 Å². The number of carbonyl (C=O) groups excluding carboxylic acids is 2. The molecule has 9 heteroatoms. The summed E-state index contributed by atoms with van der Waals surface area (Å²) in [7, 11) is 0. The Balaban J connectivity index is 1.80. The molecule has 0 bridgehead atoms. The molecular weight excluding hydrogens is 278 g/mol. The standard InChI is InChI=1S/C12H9N5O4/c18-9(19)6-16-4-7(14-15-16)5-17-11(20)8-2-1-3-13-10(8)12(17)21/h1-4H,5-6H2,(H,18,19). The Labute approximate surface area is 117 Å². The Bertz CT molecular complexity index is 719. The lowest BCUT2D eigenvalue weighted by atomic mass is 10.2. The van der Waals surface area contributed by atoms with Gasteiger partial charge in [0.05, 0.1) is 18.3 Å². The minimum atomic E-state index is -1.06. The Hall–Kier alpha value is -3.10. The van der Waals surface area contributed by atoms with E-state index in [1.54, 1.807) is 6.07 Å². The minimum absolute atomic E-state index is 0.0757. The first-order valence-corrected chi connectivity index (χ1v) is 5.98. The summed E-state index contributed by atoms with van der Waals surface area (Å²) in [5.74, 6) is -2.00. The molecule has 9 nitrogen and oxygen atoms in total. The number of amides is 2. The predicted octanol–water partition coefficient (Wildman–Crippen LogP) is -0.446. The van der Waals surface area contributed by atoms with Crippen LogP contribution in [0.2, 0.25) is 0 Å². The molecule has 106 valence electrons. The van der Waals surface area contributed by atoms with Crippen LogP contribution in [0.15, 0.2) is 24.5 Å². The lowest BCUT2D eigenvalue weighted by Gasteiger charge is -2.10. The molecule has 1 aliphatic heterocycles. The molecule has 0 saturated heterocycles. The summed E-state index contributed by atoms with van der Waals surface area (Å²) < 4.78 is 1.12. The molecule has 1 N–H and O–H groups in total. The summed E-state index contributed by atoms with van der Waals surface area (Å²) in [6.45, 7) is -0.412. The maximum Gasteiger partial charge on any atom is 0.325 e. The number of carbonyl (C=O) groups is 3. The van der Waals surface area contributed by atoms with Crippen LogP contribution in [0.4, 0.5) is 0 Å². The lowest BCUT2D eigenvalue weighted by molar-refractivity contribution is -0.137. The molecule has 21 heavy (non-hydrogen) atoms. The number of carboxylic acids is 1. The van der Waals surface area contributed by atoms with Crippen LogP contribution in [0.1, 0.15) is 26.5 Å². The van der Waals surface area contributed by atoms with E-state index in [0.29, 0.717) is 5.69 Å². The lowest BCUT2D eigenvalue weighted by Crippen LogP contribution is -2.29. The van der Waals surface area contributed by atoms with Crippen LogP contribution in [0.25, 0.3) is 0 Å². The highest BCUT2D eigenvalue weighted by molar-refractivity contribution is 6.20. The number of pyridine rings is 1. The van der Waals surface area contributed by atoms with Gasteiger partial charge in [-0.2, -0.15) is 0 Å². The zero-order valence-electron chi connectivity index (χ0n) is 10.6. The molecule has 3 rings (SSSR count). The molecule has 0 aromatic carbocycles.